The van der Waals surface area contributed by atoms with Crippen LogP contribution in [0.5, 0.6) is 5.75 Å². The van der Waals surface area contributed by atoms with E-state index < -0.39 is 0 Å². The van der Waals surface area contributed by atoms with E-state index in [1.165, 1.54) is 30.5 Å². The molecule has 1 saturated heterocycles. The van der Waals surface area contributed by atoms with Crippen molar-refractivity contribution < 1.29 is 9.53 Å². The quantitative estimate of drug-likeness (QED) is 0.515. The summed E-state index contributed by atoms with van der Waals surface area (Å²) in [6.07, 6.45) is 7.88. The van der Waals surface area contributed by atoms with Crippen LogP contribution in [-0.4, -0.2) is 30.9 Å². The second-order valence-corrected chi connectivity index (χ2v) is 8.24. The lowest BCUT2D eigenvalue weighted by molar-refractivity contribution is -0.108. The van der Waals surface area contributed by atoms with Crippen LogP contribution in [0.4, 0.5) is 0 Å². The molecule has 0 amide bonds. The van der Waals surface area contributed by atoms with Gasteiger partial charge in [-0.3, -0.25) is 4.90 Å². The van der Waals surface area contributed by atoms with E-state index in [2.05, 4.69) is 36.9 Å². The summed E-state index contributed by atoms with van der Waals surface area (Å²) < 4.78 is 5.56. The smallest absolute Gasteiger partial charge is 0.120 e. The number of hydrogen-bond donors (Lipinski definition) is 0. The van der Waals surface area contributed by atoms with Crippen molar-refractivity contribution in [3.05, 3.63) is 29.3 Å². The average molecular weight is 341 g/mol. The number of carbonyl (C=O) groups is 1. The van der Waals surface area contributed by atoms with Gasteiger partial charge in [0.05, 0.1) is 13.2 Å². The van der Waals surface area contributed by atoms with Gasteiger partial charge < -0.3 is 9.53 Å². The Balaban J connectivity index is 1.78. The molecule has 1 heterocycles. The van der Waals surface area contributed by atoms with Crippen LogP contribution >= 0.6 is 0 Å². The van der Waals surface area contributed by atoms with Gasteiger partial charge in [-0.15, -0.1) is 0 Å². The van der Waals surface area contributed by atoms with Gasteiger partial charge in [-0.25, -0.2) is 0 Å². The first-order valence-corrected chi connectivity index (χ1v) is 10.1. The maximum atomic E-state index is 11.1. The van der Waals surface area contributed by atoms with Crippen LogP contribution in [0.25, 0.3) is 0 Å². The summed E-state index contributed by atoms with van der Waals surface area (Å²) in [4.78, 5) is 13.9. The minimum Gasteiger partial charge on any atom is -0.497 e. The van der Waals surface area contributed by atoms with Crippen molar-refractivity contribution in [2.24, 2.45) is 11.8 Å². The van der Waals surface area contributed by atoms with Gasteiger partial charge in [0.1, 0.15) is 12.0 Å². The number of ether oxygens (including phenoxy) is 1. The number of nitrogens with zero attached hydrogens (tertiary/aromatic N) is 1. The fourth-order valence-corrected chi connectivity index (χ4v) is 5.67. The normalized spacial score (nSPS) is 31.8. The maximum Gasteiger partial charge on any atom is 0.120 e. The zero-order valence-electron chi connectivity index (χ0n) is 15.8. The summed E-state index contributed by atoms with van der Waals surface area (Å²) in [5.74, 6) is 2.46. The highest BCUT2D eigenvalue weighted by molar-refractivity contribution is 5.52. The molecular formula is C22H31NO2. The average Bonchev–Trinajstić information content (AvgIpc) is 3.57. The molecule has 1 aromatic carbocycles. The zero-order chi connectivity index (χ0) is 17.6. The molecule has 1 aliphatic heterocycles. The number of fused-ring (bicyclic) bond motifs is 3. The summed E-state index contributed by atoms with van der Waals surface area (Å²) >= 11 is 0. The Morgan fingerprint density at radius 2 is 2.04 bits per heavy atom. The highest BCUT2D eigenvalue weighted by Gasteiger charge is 2.62. The van der Waals surface area contributed by atoms with Crippen LogP contribution in [0.3, 0.4) is 0 Å². The van der Waals surface area contributed by atoms with E-state index >= 15 is 0 Å². The number of methoxy groups -OCH3 is 1. The Bertz CT molecular complexity index is 647. The van der Waals surface area contributed by atoms with Crippen LogP contribution in [-0.2, 0) is 10.2 Å². The van der Waals surface area contributed by atoms with Crippen LogP contribution in [0.15, 0.2) is 18.2 Å². The zero-order valence-corrected chi connectivity index (χ0v) is 15.8. The second-order valence-electron chi connectivity index (χ2n) is 8.24. The third kappa shape index (κ3) is 2.63. The maximum absolute atomic E-state index is 11.1. The second kappa shape index (κ2) is 6.42. The predicted molar refractivity (Wildman–Crippen MR) is 100 cm³/mol. The number of benzene rings is 1. The lowest BCUT2D eigenvalue weighted by Crippen LogP contribution is -2.41. The predicted octanol–water partition coefficient (Wildman–Crippen LogP) is 4.50. The van der Waals surface area contributed by atoms with E-state index in [1.807, 2.05) is 0 Å². The molecule has 0 spiro atoms. The number of rotatable bonds is 8. The van der Waals surface area contributed by atoms with Crippen molar-refractivity contribution in [2.75, 3.05) is 13.7 Å². The van der Waals surface area contributed by atoms with Crippen molar-refractivity contribution in [1.29, 1.82) is 0 Å². The van der Waals surface area contributed by atoms with E-state index in [-0.39, 0.29) is 5.41 Å². The highest BCUT2D eigenvalue weighted by Crippen LogP contribution is 2.63. The molecule has 3 aliphatic rings. The molecule has 2 aliphatic carbocycles. The van der Waals surface area contributed by atoms with Crippen molar-refractivity contribution >= 4 is 6.29 Å². The van der Waals surface area contributed by atoms with Crippen LogP contribution in [0.1, 0.15) is 69.5 Å². The van der Waals surface area contributed by atoms with Crippen molar-refractivity contribution in [3.63, 3.8) is 0 Å². The van der Waals surface area contributed by atoms with Gasteiger partial charge in [0.2, 0.25) is 0 Å². The summed E-state index contributed by atoms with van der Waals surface area (Å²) in [5.41, 5.74) is 3.19. The lowest BCUT2D eigenvalue weighted by atomic mass is 9.59. The largest absolute Gasteiger partial charge is 0.497 e. The third-order valence-electron chi connectivity index (χ3n) is 7.23. The van der Waals surface area contributed by atoms with Gasteiger partial charge in [0.25, 0.3) is 0 Å². The molecule has 1 aromatic rings. The number of carbonyl (C=O) groups excluding carboxylic acids is 1. The monoisotopic (exact) mass is 341 g/mol. The fraction of sp³-hybridized carbons (Fsp3) is 0.682. The molecule has 25 heavy (non-hydrogen) atoms. The van der Waals surface area contributed by atoms with Gasteiger partial charge in [-0.1, -0.05) is 19.9 Å². The van der Waals surface area contributed by atoms with Crippen molar-refractivity contribution in [1.82, 2.24) is 4.90 Å². The number of aldehydes is 1. The Morgan fingerprint density at radius 3 is 2.64 bits per heavy atom. The van der Waals surface area contributed by atoms with Crippen molar-refractivity contribution in [3.8, 4) is 5.75 Å². The van der Waals surface area contributed by atoms with Gasteiger partial charge in [-0.05, 0) is 72.6 Å². The highest BCUT2D eigenvalue weighted by atomic mass is 16.5. The van der Waals surface area contributed by atoms with Crippen molar-refractivity contribution in [2.45, 2.75) is 69.9 Å². The Kier molecular flexibility index (Phi) is 4.39. The summed E-state index contributed by atoms with van der Waals surface area (Å²) in [6.45, 7) is 5.91. The van der Waals surface area contributed by atoms with E-state index in [0.29, 0.717) is 24.4 Å². The minimum atomic E-state index is 0.173. The molecule has 0 N–H and O–H groups in total. The van der Waals surface area contributed by atoms with E-state index in [1.54, 1.807) is 7.11 Å². The molecule has 136 valence electrons. The van der Waals surface area contributed by atoms with Gasteiger partial charge >= 0.3 is 0 Å². The van der Waals surface area contributed by atoms with Crippen LogP contribution < -0.4 is 4.74 Å². The Labute approximate surface area is 151 Å². The molecule has 4 atom stereocenters. The summed E-state index contributed by atoms with van der Waals surface area (Å²) in [7, 11) is 1.76. The third-order valence-corrected chi connectivity index (χ3v) is 7.23. The molecular weight excluding hydrogens is 310 g/mol. The molecule has 3 nitrogen and oxygen atoms in total. The standard InChI is InChI=1S/C22H31NO2/c1-4-22(5-2)18(7-6-12-24)21-20(23(21)14-15-8-9-15)17-11-10-16(25-3)13-19(17)22/h10-13,15,18,20-21H,4-9,14H2,1-3H3. The molecule has 1 saturated carbocycles. The van der Waals surface area contributed by atoms with E-state index in [0.717, 1.165) is 37.2 Å². The molecule has 3 heteroatoms. The van der Waals surface area contributed by atoms with E-state index in [4.69, 9.17) is 4.74 Å². The molecule has 4 rings (SSSR count). The summed E-state index contributed by atoms with van der Waals surface area (Å²) in [5, 5.41) is 0. The fourth-order valence-electron chi connectivity index (χ4n) is 5.67. The van der Waals surface area contributed by atoms with E-state index in [9.17, 15) is 4.79 Å². The molecule has 0 aromatic heterocycles. The first kappa shape index (κ1) is 17.1. The Hall–Kier alpha value is -1.35. The first-order valence-electron chi connectivity index (χ1n) is 10.1. The molecule has 0 radical (unpaired) electrons. The summed E-state index contributed by atoms with van der Waals surface area (Å²) in [6, 6.07) is 7.95. The molecule has 4 unspecified atom stereocenters. The van der Waals surface area contributed by atoms with Gasteiger partial charge in [0, 0.05) is 19.0 Å². The SMILES string of the molecule is CCC1(CC)c2cc(OC)ccc2C2C(C1CCC=O)N2CC1CC1. The van der Waals surface area contributed by atoms with Gasteiger partial charge in [-0.2, -0.15) is 0 Å². The molecule has 2 fully saturated rings. The van der Waals surface area contributed by atoms with Crippen LogP contribution in [0.2, 0.25) is 0 Å². The minimum absolute atomic E-state index is 0.173. The Morgan fingerprint density at radius 1 is 1.28 bits per heavy atom. The topological polar surface area (TPSA) is 29.3 Å². The first-order chi connectivity index (χ1) is 12.2. The van der Waals surface area contributed by atoms with Crippen LogP contribution in [0, 0.1) is 11.8 Å². The molecule has 0 bridgehead atoms. The number of hydrogen-bond acceptors (Lipinski definition) is 3. The lowest BCUT2D eigenvalue weighted by Gasteiger charge is -2.44. The van der Waals surface area contributed by atoms with Gasteiger partial charge in [0.15, 0.2) is 0 Å².